The van der Waals surface area contributed by atoms with Crippen molar-refractivity contribution in [1.82, 2.24) is 0 Å². The molecule has 3 fully saturated rings. The van der Waals surface area contributed by atoms with Crippen molar-refractivity contribution in [1.29, 1.82) is 0 Å². The van der Waals surface area contributed by atoms with Crippen molar-refractivity contribution in [3.63, 3.8) is 0 Å². The first-order valence-electron chi connectivity index (χ1n) is 16.4. The molecule has 1 unspecified atom stereocenters. The number of Topliss-reactive ketones (excluding diaryl/α,β-unsaturated/α-hetero) is 1. The van der Waals surface area contributed by atoms with Gasteiger partial charge in [-0.15, -0.1) is 0 Å². The van der Waals surface area contributed by atoms with Crippen LogP contribution in [0.4, 0.5) is 0 Å². The van der Waals surface area contributed by atoms with Crippen molar-refractivity contribution in [3.05, 3.63) is 0 Å². The molecule has 0 saturated heterocycles. The normalized spacial score (nSPS) is 31.1. The number of fused-ring (bicyclic) bond motifs is 1. The molecule has 230 valence electrons. The molecule has 0 aromatic rings. The maximum atomic E-state index is 13.6. The smallest absolute Gasteiger partial charge is 0.193 e. The Bertz CT molecular complexity index is 928. The van der Waals surface area contributed by atoms with Crippen LogP contribution < -0.4 is 0 Å². The number of carbonyl (C=O) groups excluding carboxylic acids is 1. The van der Waals surface area contributed by atoms with Crippen molar-refractivity contribution >= 4 is 22.4 Å². The molecule has 0 aromatic carbocycles. The molecular weight excluding hydrogens is 529 g/mol. The fourth-order valence-corrected chi connectivity index (χ4v) is 9.38. The van der Waals surface area contributed by atoms with E-state index in [0.29, 0.717) is 11.7 Å². The number of hydrogen-bond donors (Lipinski definition) is 0. The molecule has 3 saturated carbocycles. The molecule has 0 bridgehead atoms. The zero-order chi connectivity index (χ0) is 30.1. The third-order valence-electron chi connectivity index (χ3n) is 11.5. The molecule has 0 aliphatic heterocycles. The van der Waals surface area contributed by atoms with Crippen molar-refractivity contribution in [3.8, 4) is 11.8 Å². The highest BCUT2D eigenvalue weighted by Crippen LogP contribution is 2.57. The zero-order valence-corrected chi connectivity index (χ0v) is 30.2. The molecule has 0 N–H and O–H groups in total. The van der Waals surface area contributed by atoms with Gasteiger partial charge in [0.05, 0.1) is 12.0 Å². The summed E-state index contributed by atoms with van der Waals surface area (Å²) in [6.07, 6.45) is 10.9. The average Bonchev–Trinajstić information content (AvgIpc) is 2.86. The van der Waals surface area contributed by atoms with Gasteiger partial charge in [-0.2, -0.15) is 0 Å². The van der Waals surface area contributed by atoms with Crippen LogP contribution in [0.1, 0.15) is 113 Å². The van der Waals surface area contributed by atoms with E-state index in [2.05, 4.69) is 86.5 Å². The van der Waals surface area contributed by atoms with Crippen LogP contribution in [-0.2, 0) is 18.4 Å². The minimum absolute atomic E-state index is 0.00325. The van der Waals surface area contributed by atoms with E-state index < -0.39 is 22.2 Å². The number of hydrogen-bond acceptors (Lipinski definition) is 4. The molecule has 0 aromatic heterocycles. The van der Waals surface area contributed by atoms with E-state index in [4.69, 9.17) is 13.6 Å². The van der Waals surface area contributed by atoms with Crippen LogP contribution in [0.5, 0.6) is 0 Å². The first kappa shape index (κ1) is 34.0. The summed E-state index contributed by atoms with van der Waals surface area (Å²) < 4.78 is 20.4. The lowest BCUT2D eigenvalue weighted by molar-refractivity contribution is -0.207. The van der Waals surface area contributed by atoms with E-state index in [-0.39, 0.29) is 40.0 Å². The van der Waals surface area contributed by atoms with E-state index >= 15 is 0 Å². The molecule has 3 rings (SSSR count). The van der Waals surface area contributed by atoms with Gasteiger partial charge in [0.15, 0.2) is 22.4 Å². The second-order valence-corrected chi connectivity index (χ2v) is 25.7. The van der Waals surface area contributed by atoms with Crippen molar-refractivity contribution < 1.29 is 18.4 Å². The van der Waals surface area contributed by atoms with Crippen LogP contribution in [-0.4, -0.2) is 47.3 Å². The third-order valence-corrected chi connectivity index (χ3v) is 20.5. The number of rotatable bonds is 9. The Labute approximate surface area is 249 Å². The summed E-state index contributed by atoms with van der Waals surface area (Å²) >= 11 is 0. The predicted octanol–water partition coefficient (Wildman–Crippen LogP) is 9.15. The number of ether oxygens (including phenoxy) is 1. The molecule has 0 heterocycles. The van der Waals surface area contributed by atoms with Gasteiger partial charge >= 0.3 is 0 Å². The summed E-state index contributed by atoms with van der Waals surface area (Å²) in [6.45, 7) is 25.5. The number of unbranched alkanes of at least 4 members (excludes halogenated alkanes) is 1. The fraction of sp³-hybridized carbons (Fsp3) is 0.912. The standard InChI is InChI=1S/C34H62O4Si2/c1-13-14-20-27-30-26(21-22-28(25-18-16-15-17-19-25)37-39(9,10)32(2,3)4)29(38-40(11,12)33(5,6)7)23-24-34(30,36-8)31(27)35/h25-30H,13-20,23-24H2,1-12H3/t26-,27?,28-,29+,30-,34+/m1/s1. The van der Waals surface area contributed by atoms with Crippen molar-refractivity contribution in [2.45, 2.75) is 167 Å². The first-order chi connectivity index (χ1) is 18.4. The molecule has 3 aliphatic rings. The van der Waals surface area contributed by atoms with E-state index in [1.165, 1.54) is 32.1 Å². The van der Waals surface area contributed by atoms with Crippen LogP contribution >= 0.6 is 0 Å². The Morgan fingerprint density at radius 1 is 0.950 bits per heavy atom. The quantitative estimate of drug-likeness (QED) is 0.198. The van der Waals surface area contributed by atoms with Gasteiger partial charge in [0.25, 0.3) is 0 Å². The first-order valence-corrected chi connectivity index (χ1v) is 22.2. The summed E-state index contributed by atoms with van der Waals surface area (Å²) in [5.74, 6) is 8.57. The largest absolute Gasteiger partial charge is 0.413 e. The Hall–Kier alpha value is -0.456. The van der Waals surface area contributed by atoms with Gasteiger partial charge < -0.3 is 13.6 Å². The molecule has 6 heteroatoms. The number of carbonyl (C=O) groups is 1. The van der Waals surface area contributed by atoms with E-state index in [1.54, 1.807) is 7.11 Å². The minimum atomic E-state index is -2.03. The second-order valence-electron chi connectivity index (χ2n) is 16.2. The third kappa shape index (κ3) is 6.85. The van der Waals surface area contributed by atoms with Gasteiger partial charge in [-0.1, -0.05) is 92.4 Å². The topological polar surface area (TPSA) is 44.8 Å². The Morgan fingerprint density at radius 2 is 1.55 bits per heavy atom. The summed E-state index contributed by atoms with van der Waals surface area (Å²) in [5.41, 5.74) is -0.689. The van der Waals surface area contributed by atoms with Gasteiger partial charge in [-0.25, -0.2) is 0 Å². The van der Waals surface area contributed by atoms with Gasteiger partial charge in [0, 0.05) is 18.9 Å². The monoisotopic (exact) mass is 590 g/mol. The SMILES string of the molecule is CCCCC1C(=O)[C@]2(OC)CC[C@H](O[Si](C)(C)C(C)(C)C)[C@@H](C#C[C@@H](O[Si](C)(C)C(C)(C)C)C3CCCCC3)[C@H]12. The molecule has 40 heavy (non-hydrogen) atoms. The number of ketones is 1. The lowest BCUT2D eigenvalue weighted by Crippen LogP contribution is -2.70. The van der Waals surface area contributed by atoms with Crippen LogP contribution in [0.3, 0.4) is 0 Å². The van der Waals surface area contributed by atoms with E-state index in [1.807, 2.05) is 0 Å². The van der Waals surface area contributed by atoms with Gasteiger partial charge in [-0.3, -0.25) is 4.79 Å². The molecule has 0 radical (unpaired) electrons. The highest BCUT2D eigenvalue weighted by molar-refractivity contribution is 6.74. The summed E-state index contributed by atoms with van der Waals surface area (Å²) in [7, 11) is -2.29. The zero-order valence-electron chi connectivity index (χ0n) is 28.2. The van der Waals surface area contributed by atoms with Crippen LogP contribution in [0.2, 0.25) is 36.3 Å². The highest BCUT2D eigenvalue weighted by Gasteiger charge is 2.67. The lowest BCUT2D eigenvalue weighted by atomic mass is 9.49. The lowest BCUT2D eigenvalue weighted by Gasteiger charge is -2.59. The summed E-state index contributed by atoms with van der Waals surface area (Å²) in [5, 5.41) is 0.255. The molecule has 4 nitrogen and oxygen atoms in total. The number of methoxy groups -OCH3 is 1. The Kier molecular flexibility index (Phi) is 10.8. The highest BCUT2D eigenvalue weighted by atomic mass is 28.4. The molecule has 3 aliphatic carbocycles. The predicted molar refractivity (Wildman–Crippen MR) is 172 cm³/mol. The summed E-state index contributed by atoms with van der Waals surface area (Å²) in [6, 6.07) is 0. The minimum Gasteiger partial charge on any atom is -0.413 e. The van der Waals surface area contributed by atoms with Crippen LogP contribution in [0.15, 0.2) is 0 Å². The fourth-order valence-electron chi connectivity index (χ4n) is 6.76. The van der Waals surface area contributed by atoms with E-state index in [9.17, 15) is 4.79 Å². The van der Waals surface area contributed by atoms with Crippen molar-refractivity contribution in [2.75, 3.05) is 7.11 Å². The van der Waals surface area contributed by atoms with Gasteiger partial charge in [-0.05, 0) is 74.3 Å². The Morgan fingerprint density at radius 3 is 2.08 bits per heavy atom. The maximum Gasteiger partial charge on any atom is 0.193 e. The molecule has 6 atom stereocenters. The molecule has 0 spiro atoms. The second kappa shape index (κ2) is 12.6. The molecular formula is C34H62O4Si2. The van der Waals surface area contributed by atoms with E-state index in [0.717, 1.165) is 32.1 Å². The van der Waals surface area contributed by atoms with Gasteiger partial charge in [0.2, 0.25) is 0 Å². The van der Waals surface area contributed by atoms with Crippen LogP contribution in [0.25, 0.3) is 0 Å². The average molecular weight is 591 g/mol. The molecule has 0 amide bonds. The maximum absolute atomic E-state index is 13.6. The van der Waals surface area contributed by atoms with Crippen molar-refractivity contribution in [2.24, 2.45) is 23.7 Å². The van der Waals surface area contributed by atoms with Gasteiger partial charge in [0.1, 0.15) is 11.7 Å². The van der Waals surface area contributed by atoms with Crippen LogP contribution in [0, 0.1) is 35.5 Å². The Balaban J connectivity index is 2.05. The summed E-state index contributed by atoms with van der Waals surface area (Å²) in [4.78, 5) is 13.6.